The highest BCUT2D eigenvalue weighted by atomic mass is 35.5. The second-order valence-electron chi connectivity index (χ2n) is 7.26. The highest BCUT2D eigenvalue weighted by Crippen LogP contribution is 2.36. The summed E-state index contributed by atoms with van der Waals surface area (Å²) >= 11 is 6.20. The number of amides is 1. The first-order chi connectivity index (χ1) is 14.2. The second kappa shape index (κ2) is 7.33. The number of halogens is 1. The lowest BCUT2D eigenvalue weighted by atomic mass is 9.91. The summed E-state index contributed by atoms with van der Waals surface area (Å²) in [5.74, 6) is -0.141. The van der Waals surface area contributed by atoms with Gasteiger partial charge in [-0.1, -0.05) is 41.9 Å². The monoisotopic (exact) mass is 406 g/mol. The number of hydrogen-bond donors (Lipinski definition) is 2. The molecule has 2 heterocycles. The fourth-order valence-corrected chi connectivity index (χ4v) is 4.35. The van der Waals surface area contributed by atoms with E-state index in [-0.39, 0.29) is 11.9 Å². The van der Waals surface area contributed by atoms with E-state index >= 15 is 0 Å². The Balaban J connectivity index is 1.48. The highest BCUT2D eigenvalue weighted by molar-refractivity contribution is 6.31. The Hall–Kier alpha value is -3.19. The lowest BCUT2D eigenvalue weighted by molar-refractivity contribution is -0.124. The number of tetrazole rings is 1. The smallest absolute Gasteiger partial charge is 0.250 e. The third-order valence-corrected chi connectivity index (χ3v) is 5.71. The van der Waals surface area contributed by atoms with Crippen LogP contribution in [0.1, 0.15) is 41.7 Å². The van der Waals surface area contributed by atoms with Crippen molar-refractivity contribution in [1.29, 1.82) is 0 Å². The minimum absolute atomic E-state index is 0.0971. The van der Waals surface area contributed by atoms with Crippen LogP contribution in [0.3, 0.4) is 0 Å². The van der Waals surface area contributed by atoms with E-state index in [1.807, 2.05) is 48.5 Å². The Morgan fingerprint density at radius 1 is 1.24 bits per heavy atom. The zero-order valence-electron chi connectivity index (χ0n) is 15.5. The molecule has 0 spiro atoms. The number of nitrogens with zero attached hydrogens (tertiary/aromatic N) is 4. The molecule has 7 nitrogen and oxygen atoms in total. The molecule has 0 fully saturated rings. The summed E-state index contributed by atoms with van der Waals surface area (Å²) in [7, 11) is 0. The van der Waals surface area contributed by atoms with Gasteiger partial charge in [0.1, 0.15) is 6.33 Å². The van der Waals surface area contributed by atoms with Gasteiger partial charge < -0.3 is 10.3 Å². The molecule has 0 bridgehead atoms. The van der Waals surface area contributed by atoms with Crippen molar-refractivity contribution in [2.75, 3.05) is 0 Å². The lowest BCUT2D eigenvalue weighted by Crippen LogP contribution is -2.37. The standard InChI is InChI=1S/C21H19ClN6O/c22-14-9-10-17-16(11-14)15-7-4-8-18(19(15)24-17)25-21(29)20(28-12-23-26-27-28)13-5-2-1-3-6-13/h1-3,5-6,9-12,18,20,24H,4,7-8H2,(H,25,29). The van der Waals surface area contributed by atoms with E-state index in [0.29, 0.717) is 5.02 Å². The quantitative estimate of drug-likeness (QED) is 0.542. The van der Waals surface area contributed by atoms with Gasteiger partial charge >= 0.3 is 0 Å². The summed E-state index contributed by atoms with van der Waals surface area (Å²) in [6, 6.07) is 14.7. The van der Waals surface area contributed by atoms with Gasteiger partial charge in [0.2, 0.25) is 5.91 Å². The van der Waals surface area contributed by atoms with Crippen LogP contribution in [0, 0.1) is 0 Å². The van der Waals surface area contributed by atoms with Crippen LogP contribution in [0.25, 0.3) is 10.9 Å². The average Bonchev–Trinajstić information content (AvgIpc) is 3.38. The maximum atomic E-state index is 13.3. The molecule has 8 heteroatoms. The van der Waals surface area contributed by atoms with E-state index in [0.717, 1.165) is 41.4 Å². The molecule has 0 saturated carbocycles. The van der Waals surface area contributed by atoms with Crippen LogP contribution in [0.15, 0.2) is 54.9 Å². The normalized spacial score (nSPS) is 17.1. The molecule has 0 saturated heterocycles. The summed E-state index contributed by atoms with van der Waals surface area (Å²) < 4.78 is 1.49. The van der Waals surface area contributed by atoms with Crippen molar-refractivity contribution >= 4 is 28.4 Å². The highest BCUT2D eigenvalue weighted by Gasteiger charge is 2.30. The van der Waals surface area contributed by atoms with Crippen LogP contribution in [-0.2, 0) is 11.2 Å². The minimum Gasteiger partial charge on any atom is -0.356 e. The lowest BCUT2D eigenvalue weighted by Gasteiger charge is -2.26. The fourth-order valence-electron chi connectivity index (χ4n) is 4.18. The molecule has 2 aromatic carbocycles. The number of rotatable bonds is 4. The molecule has 1 amide bonds. The van der Waals surface area contributed by atoms with Gasteiger partial charge in [-0.15, -0.1) is 5.10 Å². The number of carbonyl (C=O) groups is 1. The van der Waals surface area contributed by atoms with Crippen molar-refractivity contribution in [3.05, 3.63) is 76.7 Å². The molecule has 146 valence electrons. The van der Waals surface area contributed by atoms with Gasteiger partial charge in [0.25, 0.3) is 0 Å². The Labute approximate surface area is 172 Å². The Kier molecular flexibility index (Phi) is 4.52. The summed E-state index contributed by atoms with van der Waals surface area (Å²) in [6.07, 6.45) is 4.31. The predicted molar refractivity (Wildman–Crippen MR) is 110 cm³/mol. The largest absolute Gasteiger partial charge is 0.356 e. The third kappa shape index (κ3) is 3.27. The second-order valence-corrected chi connectivity index (χ2v) is 7.70. The number of aryl methyl sites for hydroxylation is 1. The van der Waals surface area contributed by atoms with Crippen LogP contribution in [0.5, 0.6) is 0 Å². The van der Waals surface area contributed by atoms with Crippen molar-refractivity contribution in [3.63, 3.8) is 0 Å². The predicted octanol–water partition coefficient (Wildman–Crippen LogP) is 3.59. The number of carbonyl (C=O) groups excluding carboxylic acids is 1. The number of aromatic nitrogens is 5. The first kappa shape index (κ1) is 17.9. The van der Waals surface area contributed by atoms with E-state index in [1.54, 1.807) is 0 Å². The van der Waals surface area contributed by atoms with Gasteiger partial charge in [-0.2, -0.15) is 0 Å². The Bertz CT molecular complexity index is 1150. The molecule has 29 heavy (non-hydrogen) atoms. The SMILES string of the molecule is O=C(NC1CCCc2c1[nH]c1ccc(Cl)cc21)C(c1ccccc1)n1cnnn1. The molecule has 2 aromatic heterocycles. The molecule has 5 rings (SSSR count). The number of aromatic amines is 1. The van der Waals surface area contributed by atoms with E-state index in [1.165, 1.54) is 16.6 Å². The van der Waals surface area contributed by atoms with Gasteiger partial charge in [-0.05, 0) is 59.0 Å². The van der Waals surface area contributed by atoms with Crippen molar-refractivity contribution < 1.29 is 4.79 Å². The maximum Gasteiger partial charge on any atom is 0.250 e. The van der Waals surface area contributed by atoms with Crippen molar-refractivity contribution in [2.45, 2.75) is 31.3 Å². The summed E-state index contributed by atoms with van der Waals surface area (Å²) in [5.41, 5.74) is 4.17. The van der Waals surface area contributed by atoms with Crippen molar-refractivity contribution in [1.82, 2.24) is 30.5 Å². The summed E-state index contributed by atoms with van der Waals surface area (Å²) in [5, 5.41) is 16.4. The molecule has 1 aliphatic rings. The molecule has 2 atom stereocenters. The molecule has 2 unspecified atom stereocenters. The molecular formula is C21H19ClN6O. The van der Waals surface area contributed by atoms with E-state index in [9.17, 15) is 4.79 Å². The van der Waals surface area contributed by atoms with Crippen LogP contribution >= 0.6 is 11.6 Å². The molecule has 0 radical (unpaired) electrons. The van der Waals surface area contributed by atoms with Gasteiger partial charge in [0, 0.05) is 21.6 Å². The van der Waals surface area contributed by atoms with Crippen molar-refractivity contribution in [3.8, 4) is 0 Å². The molecular weight excluding hydrogens is 388 g/mol. The first-order valence-electron chi connectivity index (χ1n) is 9.58. The zero-order chi connectivity index (χ0) is 19.8. The number of hydrogen-bond acceptors (Lipinski definition) is 4. The summed E-state index contributed by atoms with van der Waals surface area (Å²) in [4.78, 5) is 16.8. The molecule has 4 aromatic rings. The summed E-state index contributed by atoms with van der Waals surface area (Å²) in [6.45, 7) is 0. The minimum atomic E-state index is -0.629. The maximum absolute atomic E-state index is 13.3. The van der Waals surface area contributed by atoms with Gasteiger partial charge in [-0.3, -0.25) is 4.79 Å². The number of H-pyrrole nitrogens is 1. The van der Waals surface area contributed by atoms with E-state index < -0.39 is 6.04 Å². The molecule has 2 N–H and O–H groups in total. The van der Waals surface area contributed by atoms with Gasteiger partial charge in [-0.25, -0.2) is 4.68 Å². The van der Waals surface area contributed by atoms with Crippen LogP contribution in [-0.4, -0.2) is 31.1 Å². The van der Waals surface area contributed by atoms with Crippen LogP contribution in [0.2, 0.25) is 5.02 Å². The number of benzene rings is 2. The molecule has 0 aliphatic heterocycles. The Morgan fingerprint density at radius 3 is 2.90 bits per heavy atom. The van der Waals surface area contributed by atoms with E-state index in [2.05, 4.69) is 25.8 Å². The number of nitrogens with one attached hydrogen (secondary N) is 2. The van der Waals surface area contributed by atoms with Crippen molar-refractivity contribution in [2.24, 2.45) is 0 Å². The number of fused-ring (bicyclic) bond motifs is 3. The molecule has 1 aliphatic carbocycles. The topological polar surface area (TPSA) is 88.5 Å². The zero-order valence-corrected chi connectivity index (χ0v) is 16.3. The van der Waals surface area contributed by atoms with Crippen LogP contribution in [0.4, 0.5) is 0 Å². The van der Waals surface area contributed by atoms with E-state index in [4.69, 9.17) is 11.6 Å². The third-order valence-electron chi connectivity index (χ3n) is 5.48. The Morgan fingerprint density at radius 2 is 2.10 bits per heavy atom. The fraction of sp³-hybridized carbons (Fsp3) is 0.238. The van der Waals surface area contributed by atoms with Gasteiger partial charge in [0.15, 0.2) is 6.04 Å². The average molecular weight is 407 g/mol. The van der Waals surface area contributed by atoms with Crippen LogP contribution < -0.4 is 5.32 Å². The first-order valence-corrected chi connectivity index (χ1v) is 9.96. The van der Waals surface area contributed by atoms with Gasteiger partial charge in [0.05, 0.1) is 6.04 Å².